The van der Waals surface area contributed by atoms with Crippen molar-refractivity contribution in [2.24, 2.45) is 5.73 Å². The summed E-state index contributed by atoms with van der Waals surface area (Å²) in [4.78, 5) is 16.9. The molecule has 1 aliphatic heterocycles. The van der Waals surface area contributed by atoms with E-state index >= 15 is 0 Å². The van der Waals surface area contributed by atoms with Gasteiger partial charge in [-0.2, -0.15) is 0 Å². The lowest BCUT2D eigenvalue weighted by Gasteiger charge is -2.32. The first-order valence-electron chi connectivity index (χ1n) is 10.2. The number of ether oxygens (including phenoxy) is 1. The van der Waals surface area contributed by atoms with Gasteiger partial charge in [-0.05, 0) is 63.5 Å². The van der Waals surface area contributed by atoms with Crippen LogP contribution in [0.15, 0.2) is 42.0 Å². The van der Waals surface area contributed by atoms with E-state index in [9.17, 15) is 4.79 Å². The molecule has 0 radical (unpaired) electrons. The molecule has 1 heterocycles. The van der Waals surface area contributed by atoms with Crippen molar-refractivity contribution in [1.82, 2.24) is 9.80 Å². The van der Waals surface area contributed by atoms with Crippen LogP contribution in [-0.4, -0.2) is 47.7 Å². The van der Waals surface area contributed by atoms with Crippen molar-refractivity contribution in [1.29, 1.82) is 0 Å². The van der Waals surface area contributed by atoms with Gasteiger partial charge in [0.25, 0.3) is 0 Å². The fraction of sp³-hybridized carbons (Fsp3) is 0.522. The van der Waals surface area contributed by atoms with Gasteiger partial charge in [-0.3, -0.25) is 9.80 Å². The zero-order chi connectivity index (χ0) is 20.7. The molecule has 0 aliphatic carbocycles. The number of allylic oxidation sites excluding steroid dienone is 1. The highest BCUT2D eigenvalue weighted by Crippen LogP contribution is 2.30. The Balaban J connectivity index is 2.34. The van der Waals surface area contributed by atoms with Crippen molar-refractivity contribution in [3.8, 4) is 0 Å². The van der Waals surface area contributed by atoms with Gasteiger partial charge in [0.05, 0.1) is 5.70 Å². The third kappa shape index (κ3) is 5.94. The van der Waals surface area contributed by atoms with E-state index in [1.165, 1.54) is 5.56 Å². The normalized spacial score (nSPS) is 14.8. The van der Waals surface area contributed by atoms with Gasteiger partial charge in [0.2, 0.25) is 0 Å². The summed E-state index contributed by atoms with van der Waals surface area (Å²) in [5.74, 6) is 0. The number of hydrogen-bond donors (Lipinski definition) is 1. The Labute approximate surface area is 169 Å². The molecule has 2 rings (SSSR count). The topological polar surface area (TPSA) is 58.8 Å². The molecule has 0 spiro atoms. The van der Waals surface area contributed by atoms with Gasteiger partial charge >= 0.3 is 6.09 Å². The quantitative estimate of drug-likeness (QED) is 0.756. The maximum absolute atomic E-state index is 12.8. The highest BCUT2D eigenvalue weighted by atomic mass is 16.6. The Kier molecular flexibility index (Phi) is 7.84. The molecule has 0 aromatic heterocycles. The summed E-state index contributed by atoms with van der Waals surface area (Å²) in [6, 6.07) is 8.49. The molecule has 1 aromatic rings. The van der Waals surface area contributed by atoms with Crippen molar-refractivity contribution in [3.63, 3.8) is 0 Å². The Morgan fingerprint density at radius 2 is 1.82 bits per heavy atom. The van der Waals surface area contributed by atoms with E-state index in [-0.39, 0.29) is 6.09 Å². The second-order valence-electron chi connectivity index (χ2n) is 8.06. The summed E-state index contributed by atoms with van der Waals surface area (Å²) >= 11 is 0. The van der Waals surface area contributed by atoms with Crippen LogP contribution in [0.2, 0.25) is 0 Å². The average Bonchev–Trinajstić information content (AvgIpc) is 2.65. The average molecular weight is 386 g/mol. The van der Waals surface area contributed by atoms with Crippen LogP contribution in [0.25, 0.3) is 5.70 Å². The minimum Gasteiger partial charge on any atom is -0.443 e. The molecule has 0 saturated heterocycles. The molecule has 5 heteroatoms. The molecule has 5 nitrogen and oxygen atoms in total. The van der Waals surface area contributed by atoms with E-state index in [4.69, 9.17) is 10.5 Å². The van der Waals surface area contributed by atoms with Crippen LogP contribution >= 0.6 is 0 Å². The third-order valence-electron chi connectivity index (χ3n) is 4.74. The van der Waals surface area contributed by atoms with Gasteiger partial charge < -0.3 is 10.5 Å². The molecule has 0 bridgehead atoms. The minimum absolute atomic E-state index is 0.325. The summed E-state index contributed by atoms with van der Waals surface area (Å²) in [6.45, 7) is 14.0. The first-order chi connectivity index (χ1) is 13.3. The molecule has 154 valence electrons. The van der Waals surface area contributed by atoms with Gasteiger partial charge in [-0.1, -0.05) is 50.3 Å². The fourth-order valence-electron chi connectivity index (χ4n) is 3.30. The number of carbonyl (C=O) groups excluding carboxylic acids is 1. The molecule has 1 amide bonds. The van der Waals surface area contributed by atoms with Gasteiger partial charge in [-0.25, -0.2) is 4.79 Å². The van der Waals surface area contributed by atoms with Gasteiger partial charge in [0, 0.05) is 13.1 Å². The Bertz CT molecular complexity index is 710. The van der Waals surface area contributed by atoms with E-state index in [2.05, 4.69) is 49.1 Å². The smallest absolute Gasteiger partial charge is 0.415 e. The van der Waals surface area contributed by atoms with Crippen LogP contribution < -0.4 is 5.73 Å². The lowest BCUT2D eigenvalue weighted by Crippen LogP contribution is -2.37. The zero-order valence-electron chi connectivity index (χ0n) is 18.0. The van der Waals surface area contributed by atoms with Crippen molar-refractivity contribution in [2.45, 2.75) is 53.2 Å². The van der Waals surface area contributed by atoms with Crippen LogP contribution in [0.1, 0.15) is 52.2 Å². The molecular formula is C23H35N3O2. The van der Waals surface area contributed by atoms with Crippen molar-refractivity contribution in [2.75, 3.05) is 26.2 Å². The Morgan fingerprint density at radius 1 is 1.18 bits per heavy atom. The summed E-state index contributed by atoms with van der Waals surface area (Å²) < 4.78 is 5.64. The fourth-order valence-corrected chi connectivity index (χ4v) is 3.30. The monoisotopic (exact) mass is 385 g/mol. The number of rotatable bonds is 7. The SMILES string of the molecule is CCN(CC)Cc1ccc(C2=C(CCN)C=CCN2C(=O)OC(C)(C)C)cc1. The summed E-state index contributed by atoms with van der Waals surface area (Å²) in [5, 5.41) is 0. The van der Waals surface area contributed by atoms with E-state index in [0.717, 1.165) is 36.5 Å². The van der Waals surface area contributed by atoms with Crippen LogP contribution in [0.4, 0.5) is 4.79 Å². The molecular weight excluding hydrogens is 350 g/mol. The van der Waals surface area contributed by atoms with Gasteiger partial charge in [-0.15, -0.1) is 0 Å². The third-order valence-corrected chi connectivity index (χ3v) is 4.74. The van der Waals surface area contributed by atoms with Crippen LogP contribution in [0, 0.1) is 0 Å². The highest BCUT2D eigenvalue weighted by molar-refractivity contribution is 5.85. The predicted octanol–water partition coefficient (Wildman–Crippen LogP) is 4.40. The maximum Gasteiger partial charge on any atom is 0.415 e. The maximum atomic E-state index is 12.8. The molecule has 2 N–H and O–H groups in total. The molecule has 0 atom stereocenters. The Hall–Kier alpha value is -2.11. The molecule has 0 unspecified atom stereocenters. The number of carbonyl (C=O) groups is 1. The van der Waals surface area contributed by atoms with E-state index in [1.54, 1.807) is 4.90 Å². The first kappa shape index (κ1) is 22.2. The first-order valence-corrected chi connectivity index (χ1v) is 10.2. The lowest BCUT2D eigenvalue weighted by atomic mass is 9.98. The number of nitrogens with two attached hydrogens (primary N) is 1. The lowest BCUT2D eigenvalue weighted by molar-refractivity contribution is 0.0366. The van der Waals surface area contributed by atoms with E-state index in [0.29, 0.717) is 19.5 Å². The zero-order valence-corrected chi connectivity index (χ0v) is 18.0. The molecule has 0 fully saturated rings. The highest BCUT2D eigenvalue weighted by Gasteiger charge is 2.28. The predicted molar refractivity (Wildman–Crippen MR) is 116 cm³/mol. The molecule has 1 aliphatic rings. The summed E-state index contributed by atoms with van der Waals surface area (Å²) in [6.07, 6.45) is 4.46. The number of nitrogens with zero attached hydrogens (tertiary/aromatic N) is 2. The molecule has 28 heavy (non-hydrogen) atoms. The van der Waals surface area contributed by atoms with Crippen LogP contribution in [0.3, 0.4) is 0 Å². The summed E-state index contributed by atoms with van der Waals surface area (Å²) in [7, 11) is 0. The van der Waals surface area contributed by atoms with Gasteiger partial charge in [0.15, 0.2) is 0 Å². The van der Waals surface area contributed by atoms with Gasteiger partial charge in [0.1, 0.15) is 5.60 Å². The minimum atomic E-state index is -0.537. The standard InChI is InChI=1S/C23H35N3O2/c1-6-25(7-2)17-18-10-12-20(13-11-18)21-19(14-15-24)9-8-16-26(21)22(27)28-23(3,4)5/h8-13H,6-7,14-17,24H2,1-5H3. The van der Waals surface area contributed by atoms with E-state index in [1.807, 2.05) is 26.8 Å². The molecule has 0 saturated carbocycles. The van der Waals surface area contributed by atoms with Crippen molar-refractivity contribution >= 4 is 11.8 Å². The van der Waals surface area contributed by atoms with E-state index < -0.39 is 5.60 Å². The number of hydrogen-bond acceptors (Lipinski definition) is 4. The number of amides is 1. The number of benzene rings is 1. The second kappa shape index (κ2) is 9.89. The van der Waals surface area contributed by atoms with Crippen LogP contribution in [-0.2, 0) is 11.3 Å². The molecule has 1 aromatic carbocycles. The van der Waals surface area contributed by atoms with Crippen molar-refractivity contribution in [3.05, 3.63) is 53.1 Å². The largest absolute Gasteiger partial charge is 0.443 e. The van der Waals surface area contributed by atoms with Crippen molar-refractivity contribution < 1.29 is 9.53 Å². The van der Waals surface area contributed by atoms with Crippen LogP contribution in [0.5, 0.6) is 0 Å². The second-order valence-corrected chi connectivity index (χ2v) is 8.06. The summed E-state index contributed by atoms with van der Waals surface area (Å²) in [5.41, 5.74) is 9.54. The Morgan fingerprint density at radius 3 is 2.36 bits per heavy atom.